The van der Waals surface area contributed by atoms with Gasteiger partial charge in [0.25, 0.3) is 0 Å². The SMILES string of the molecule is N#CCC1CN(Cc2ccccc2)C1. The summed E-state index contributed by atoms with van der Waals surface area (Å²) in [6.45, 7) is 3.20. The van der Waals surface area contributed by atoms with Crippen LogP contribution in [0, 0.1) is 17.2 Å². The number of hydrogen-bond donors (Lipinski definition) is 0. The molecular weight excluding hydrogens is 172 g/mol. The van der Waals surface area contributed by atoms with Crippen LogP contribution in [0.5, 0.6) is 0 Å². The average molecular weight is 186 g/mol. The van der Waals surface area contributed by atoms with Crippen LogP contribution in [0.25, 0.3) is 0 Å². The highest BCUT2D eigenvalue weighted by Gasteiger charge is 2.25. The fourth-order valence-corrected chi connectivity index (χ4v) is 1.91. The number of nitriles is 1. The molecule has 2 rings (SSSR count). The molecule has 1 heterocycles. The summed E-state index contributed by atoms with van der Waals surface area (Å²) < 4.78 is 0. The minimum absolute atomic E-state index is 0.615. The molecule has 0 amide bonds. The minimum atomic E-state index is 0.615. The summed E-state index contributed by atoms with van der Waals surface area (Å²) in [5.41, 5.74) is 1.36. The molecule has 2 heteroatoms. The molecule has 1 aliphatic heterocycles. The van der Waals surface area contributed by atoms with Crippen LogP contribution in [-0.4, -0.2) is 18.0 Å². The smallest absolute Gasteiger partial charge is 0.0625 e. The van der Waals surface area contributed by atoms with Crippen LogP contribution < -0.4 is 0 Å². The highest BCUT2D eigenvalue weighted by molar-refractivity contribution is 5.14. The van der Waals surface area contributed by atoms with E-state index < -0.39 is 0 Å². The topological polar surface area (TPSA) is 27.0 Å². The van der Waals surface area contributed by atoms with Crippen molar-refractivity contribution in [3.8, 4) is 6.07 Å². The van der Waals surface area contributed by atoms with Crippen LogP contribution in [0.3, 0.4) is 0 Å². The normalized spacial score (nSPS) is 17.4. The highest BCUT2D eigenvalue weighted by Crippen LogP contribution is 2.20. The van der Waals surface area contributed by atoms with Crippen LogP contribution in [-0.2, 0) is 6.54 Å². The van der Waals surface area contributed by atoms with Crippen molar-refractivity contribution in [2.45, 2.75) is 13.0 Å². The van der Waals surface area contributed by atoms with Gasteiger partial charge >= 0.3 is 0 Å². The summed E-state index contributed by atoms with van der Waals surface area (Å²) in [7, 11) is 0. The van der Waals surface area contributed by atoms with Crippen molar-refractivity contribution in [2.75, 3.05) is 13.1 Å². The van der Waals surface area contributed by atoms with Crippen LogP contribution in [0.4, 0.5) is 0 Å². The molecule has 0 unspecified atom stereocenters. The second-order valence-electron chi connectivity index (χ2n) is 3.91. The van der Waals surface area contributed by atoms with E-state index in [1.165, 1.54) is 5.56 Å². The summed E-state index contributed by atoms with van der Waals surface area (Å²) >= 11 is 0. The van der Waals surface area contributed by atoms with Gasteiger partial charge in [-0.2, -0.15) is 5.26 Å². The van der Waals surface area contributed by atoms with Crippen molar-refractivity contribution in [3.05, 3.63) is 35.9 Å². The fourth-order valence-electron chi connectivity index (χ4n) is 1.91. The standard InChI is InChI=1S/C12H14N2/c13-7-6-12-9-14(10-12)8-11-4-2-1-3-5-11/h1-5,12H,6,8-10H2. The number of nitrogens with zero attached hydrogens (tertiary/aromatic N) is 2. The maximum absolute atomic E-state index is 8.51. The van der Waals surface area contributed by atoms with Gasteiger partial charge in [0, 0.05) is 26.1 Å². The zero-order chi connectivity index (χ0) is 9.80. The van der Waals surface area contributed by atoms with Crippen LogP contribution >= 0.6 is 0 Å². The first-order chi connectivity index (χ1) is 6.88. The average Bonchev–Trinajstić information content (AvgIpc) is 2.16. The number of hydrogen-bond acceptors (Lipinski definition) is 2. The Morgan fingerprint density at radius 2 is 2.00 bits per heavy atom. The first-order valence-electron chi connectivity index (χ1n) is 5.01. The lowest BCUT2D eigenvalue weighted by molar-refractivity contribution is 0.0955. The van der Waals surface area contributed by atoms with E-state index in [1.807, 2.05) is 6.07 Å². The minimum Gasteiger partial charge on any atom is -0.298 e. The largest absolute Gasteiger partial charge is 0.298 e. The Morgan fingerprint density at radius 3 is 2.64 bits per heavy atom. The second-order valence-corrected chi connectivity index (χ2v) is 3.91. The molecule has 1 aliphatic rings. The van der Waals surface area contributed by atoms with E-state index in [4.69, 9.17) is 5.26 Å². The lowest BCUT2D eigenvalue weighted by Crippen LogP contribution is -2.45. The van der Waals surface area contributed by atoms with Gasteiger partial charge in [0.1, 0.15) is 0 Å². The van der Waals surface area contributed by atoms with Gasteiger partial charge in [-0.1, -0.05) is 30.3 Å². The Balaban J connectivity index is 1.78. The Morgan fingerprint density at radius 1 is 1.29 bits per heavy atom. The third kappa shape index (κ3) is 2.12. The van der Waals surface area contributed by atoms with E-state index in [1.54, 1.807) is 0 Å². The van der Waals surface area contributed by atoms with E-state index >= 15 is 0 Å². The molecule has 1 fully saturated rings. The summed E-state index contributed by atoms with van der Waals surface area (Å²) in [6, 6.07) is 12.7. The molecule has 0 saturated carbocycles. The lowest BCUT2D eigenvalue weighted by atomic mass is 9.96. The fraction of sp³-hybridized carbons (Fsp3) is 0.417. The summed E-state index contributed by atoms with van der Waals surface area (Å²) in [4.78, 5) is 2.39. The Bertz CT molecular complexity index is 320. The summed E-state index contributed by atoms with van der Waals surface area (Å²) in [5, 5.41) is 8.51. The van der Waals surface area contributed by atoms with E-state index in [9.17, 15) is 0 Å². The van der Waals surface area contributed by atoms with Gasteiger partial charge in [-0.15, -0.1) is 0 Å². The third-order valence-electron chi connectivity index (χ3n) is 2.66. The van der Waals surface area contributed by atoms with Crippen molar-refractivity contribution in [1.82, 2.24) is 4.90 Å². The van der Waals surface area contributed by atoms with Gasteiger partial charge in [0.05, 0.1) is 6.07 Å². The zero-order valence-corrected chi connectivity index (χ0v) is 8.19. The first-order valence-corrected chi connectivity index (χ1v) is 5.01. The Hall–Kier alpha value is -1.33. The number of rotatable bonds is 3. The molecule has 0 aliphatic carbocycles. The molecule has 1 aromatic rings. The zero-order valence-electron chi connectivity index (χ0n) is 8.19. The molecule has 72 valence electrons. The van der Waals surface area contributed by atoms with Gasteiger partial charge in [0.15, 0.2) is 0 Å². The van der Waals surface area contributed by atoms with Crippen LogP contribution in [0.2, 0.25) is 0 Å². The lowest BCUT2D eigenvalue weighted by Gasteiger charge is -2.38. The van der Waals surface area contributed by atoms with Gasteiger partial charge in [-0.3, -0.25) is 4.90 Å². The van der Waals surface area contributed by atoms with Gasteiger partial charge in [-0.25, -0.2) is 0 Å². The summed E-state index contributed by atoms with van der Waals surface area (Å²) in [6.07, 6.45) is 0.714. The first kappa shape index (κ1) is 9.23. The maximum atomic E-state index is 8.51. The third-order valence-corrected chi connectivity index (χ3v) is 2.66. The van der Waals surface area contributed by atoms with Crippen molar-refractivity contribution < 1.29 is 0 Å². The van der Waals surface area contributed by atoms with Gasteiger partial charge in [0.2, 0.25) is 0 Å². The molecule has 0 radical (unpaired) electrons. The molecule has 0 spiro atoms. The predicted octanol–water partition coefficient (Wildman–Crippen LogP) is 2.03. The predicted molar refractivity (Wildman–Crippen MR) is 55.4 cm³/mol. The molecule has 14 heavy (non-hydrogen) atoms. The van der Waals surface area contributed by atoms with E-state index in [0.717, 1.165) is 19.6 Å². The molecule has 1 saturated heterocycles. The molecule has 2 nitrogen and oxygen atoms in total. The Labute approximate surface area is 84.8 Å². The maximum Gasteiger partial charge on any atom is 0.0625 e. The molecule has 0 aromatic heterocycles. The van der Waals surface area contributed by atoms with E-state index in [2.05, 4.69) is 35.2 Å². The monoisotopic (exact) mass is 186 g/mol. The van der Waals surface area contributed by atoms with Crippen LogP contribution in [0.1, 0.15) is 12.0 Å². The number of likely N-dealkylation sites (tertiary alicyclic amines) is 1. The van der Waals surface area contributed by atoms with Crippen molar-refractivity contribution in [1.29, 1.82) is 5.26 Å². The van der Waals surface area contributed by atoms with Crippen LogP contribution in [0.15, 0.2) is 30.3 Å². The summed E-state index contributed by atoms with van der Waals surface area (Å²) in [5.74, 6) is 0.615. The molecule has 0 atom stereocenters. The second kappa shape index (κ2) is 4.26. The van der Waals surface area contributed by atoms with Gasteiger partial charge in [-0.05, 0) is 11.5 Å². The highest BCUT2D eigenvalue weighted by atomic mass is 15.2. The van der Waals surface area contributed by atoms with Crippen molar-refractivity contribution in [3.63, 3.8) is 0 Å². The molecular formula is C12H14N2. The van der Waals surface area contributed by atoms with Crippen molar-refractivity contribution in [2.24, 2.45) is 5.92 Å². The van der Waals surface area contributed by atoms with Gasteiger partial charge < -0.3 is 0 Å². The number of benzene rings is 1. The molecule has 0 N–H and O–H groups in total. The quantitative estimate of drug-likeness (QED) is 0.722. The van der Waals surface area contributed by atoms with Crippen molar-refractivity contribution >= 4 is 0 Å². The molecule has 0 bridgehead atoms. The Kier molecular flexibility index (Phi) is 2.81. The molecule has 1 aromatic carbocycles. The van der Waals surface area contributed by atoms with E-state index in [-0.39, 0.29) is 0 Å². The van der Waals surface area contributed by atoms with E-state index in [0.29, 0.717) is 12.3 Å².